The van der Waals surface area contributed by atoms with Crippen LogP contribution in [0, 0.1) is 0 Å². The average Bonchev–Trinajstić information content (AvgIpc) is 3.85. The van der Waals surface area contributed by atoms with Gasteiger partial charge in [-0.2, -0.15) is 0 Å². The van der Waals surface area contributed by atoms with Gasteiger partial charge in [0.25, 0.3) is 0 Å². The monoisotopic (exact) mass is 750 g/mol. The topological polar surface area (TPSA) is 0 Å². The highest BCUT2D eigenvalue weighted by molar-refractivity contribution is 5.96. The first kappa shape index (κ1) is 34.1. The van der Waals surface area contributed by atoms with E-state index in [0.717, 1.165) is 0 Å². The number of rotatable bonds is 5. The van der Waals surface area contributed by atoms with Gasteiger partial charge in [-0.3, -0.25) is 0 Å². The molecule has 0 fully saturated rings. The lowest BCUT2D eigenvalue weighted by Crippen LogP contribution is -2.25. The fourth-order valence-electron chi connectivity index (χ4n) is 11.1. The summed E-state index contributed by atoms with van der Waals surface area (Å²) >= 11 is 0. The van der Waals surface area contributed by atoms with Gasteiger partial charge in [-0.05, 0) is 112 Å². The number of benzene rings is 9. The molecule has 0 radical (unpaired) electrons. The number of hydrogen-bond donors (Lipinski definition) is 0. The van der Waals surface area contributed by atoms with E-state index in [-0.39, 0.29) is 16.7 Å². The minimum absolute atomic E-state index is 0.0710. The predicted octanol–water partition coefficient (Wildman–Crippen LogP) is 14.9. The van der Waals surface area contributed by atoms with Crippen LogP contribution in [0.15, 0.2) is 212 Å². The maximum atomic E-state index is 2.49. The van der Waals surface area contributed by atoms with Gasteiger partial charge < -0.3 is 0 Å². The van der Waals surface area contributed by atoms with Crippen molar-refractivity contribution in [3.8, 4) is 55.6 Å². The molecule has 1 spiro atoms. The zero-order valence-corrected chi connectivity index (χ0v) is 33.3. The van der Waals surface area contributed by atoms with Crippen molar-refractivity contribution in [3.05, 3.63) is 262 Å². The van der Waals surface area contributed by atoms with Crippen LogP contribution in [-0.4, -0.2) is 0 Å². The summed E-state index contributed by atoms with van der Waals surface area (Å²) < 4.78 is 0. The highest BCUT2D eigenvalue weighted by Crippen LogP contribution is 2.63. The maximum Gasteiger partial charge on any atom is 0.0725 e. The first-order chi connectivity index (χ1) is 29.0. The fourth-order valence-corrected chi connectivity index (χ4v) is 11.1. The average molecular weight is 751 g/mol. The second kappa shape index (κ2) is 12.7. The lowest BCUT2D eigenvalue weighted by atomic mass is 9.70. The van der Waals surface area contributed by atoms with Gasteiger partial charge in [-0.1, -0.05) is 220 Å². The molecule has 0 heterocycles. The van der Waals surface area contributed by atoms with Gasteiger partial charge in [-0.15, -0.1) is 0 Å². The summed E-state index contributed by atoms with van der Waals surface area (Å²) in [5.74, 6) is 0.0722. The Morgan fingerprint density at radius 1 is 0.271 bits per heavy atom. The molecule has 12 rings (SSSR count). The summed E-state index contributed by atoms with van der Waals surface area (Å²) in [6, 6.07) is 79.9. The normalized spacial score (nSPS) is 14.8. The molecule has 9 aromatic rings. The Kier molecular flexibility index (Phi) is 7.35. The van der Waals surface area contributed by atoms with Crippen LogP contribution < -0.4 is 0 Å². The second-order valence-corrected chi connectivity index (χ2v) is 17.2. The minimum Gasteiger partial charge on any atom is -0.0622 e. The van der Waals surface area contributed by atoms with E-state index < -0.39 is 0 Å². The second-order valence-electron chi connectivity index (χ2n) is 17.2. The summed E-state index contributed by atoms with van der Waals surface area (Å²) in [5.41, 5.74) is 24.8. The Morgan fingerprint density at radius 2 is 0.644 bits per heavy atom. The standard InChI is InChI=1S/C59H42/c1-58(2)51-20-10-6-16-45(51)49-35-33-44(37-55(49)58)57(41-28-24-39(25-29-41)38-14-4-3-5-15-38)42-30-26-40(27-31-42)43-32-34-50-48-19-9-13-23-54(48)59(56(50)36-43)52-21-11-7-17-46(52)47-18-8-12-22-53(47)59/h3-37,57H,1-2H3. The lowest BCUT2D eigenvalue weighted by Gasteiger charge is -2.30. The smallest absolute Gasteiger partial charge is 0.0622 e. The molecule has 0 aliphatic heterocycles. The number of fused-ring (bicyclic) bond motifs is 13. The fraction of sp³-hybridized carbons (Fsp3) is 0.0847. The molecule has 59 heavy (non-hydrogen) atoms. The van der Waals surface area contributed by atoms with E-state index in [1.165, 1.54) is 106 Å². The first-order valence-corrected chi connectivity index (χ1v) is 21.0. The Labute approximate surface area is 347 Å². The predicted molar refractivity (Wildman–Crippen MR) is 245 cm³/mol. The third-order valence-electron chi connectivity index (χ3n) is 13.9. The van der Waals surface area contributed by atoms with Gasteiger partial charge in [0.2, 0.25) is 0 Å². The van der Waals surface area contributed by atoms with Crippen LogP contribution in [-0.2, 0) is 10.8 Å². The van der Waals surface area contributed by atoms with E-state index >= 15 is 0 Å². The van der Waals surface area contributed by atoms with Crippen LogP contribution in [0.3, 0.4) is 0 Å². The van der Waals surface area contributed by atoms with E-state index in [0.29, 0.717) is 0 Å². The van der Waals surface area contributed by atoms with Gasteiger partial charge in [-0.25, -0.2) is 0 Å². The Morgan fingerprint density at radius 3 is 1.20 bits per heavy atom. The van der Waals surface area contributed by atoms with Crippen LogP contribution in [0.25, 0.3) is 55.6 Å². The highest BCUT2D eigenvalue weighted by Gasteiger charge is 2.51. The molecule has 0 bridgehead atoms. The lowest BCUT2D eigenvalue weighted by molar-refractivity contribution is 0.659. The molecular weight excluding hydrogens is 709 g/mol. The molecular formula is C59H42. The van der Waals surface area contributed by atoms with Crippen molar-refractivity contribution in [1.82, 2.24) is 0 Å². The summed E-state index contributed by atoms with van der Waals surface area (Å²) in [6.45, 7) is 4.75. The van der Waals surface area contributed by atoms with E-state index in [1.54, 1.807) is 0 Å². The SMILES string of the molecule is CC1(C)c2ccccc2-c2ccc(C(c3ccc(-c4ccccc4)cc3)c3ccc(-c4ccc5c(c4)C4(c6ccccc6-c6ccccc64)c4ccccc4-5)cc3)cc21. The first-order valence-electron chi connectivity index (χ1n) is 21.0. The molecule has 3 aliphatic rings. The summed E-state index contributed by atoms with van der Waals surface area (Å²) in [4.78, 5) is 0. The molecule has 0 aromatic heterocycles. The van der Waals surface area contributed by atoms with Crippen molar-refractivity contribution in [3.63, 3.8) is 0 Å². The van der Waals surface area contributed by atoms with E-state index in [1.807, 2.05) is 0 Å². The van der Waals surface area contributed by atoms with Crippen molar-refractivity contribution in [2.75, 3.05) is 0 Å². The molecule has 1 atom stereocenters. The summed E-state index contributed by atoms with van der Waals surface area (Å²) in [5, 5.41) is 0. The summed E-state index contributed by atoms with van der Waals surface area (Å²) in [7, 11) is 0. The molecule has 9 aromatic carbocycles. The largest absolute Gasteiger partial charge is 0.0725 e. The zero-order chi connectivity index (χ0) is 39.3. The van der Waals surface area contributed by atoms with Gasteiger partial charge in [0.1, 0.15) is 0 Å². The molecule has 0 heteroatoms. The van der Waals surface area contributed by atoms with Crippen molar-refractivity contribution >= 4 is 0 Å². The van der Waals surface area contributed by atoms with Crippen molar-refractivity contribution in [2.45, 2.75) is 30.6 Å². The van der Waals surface area contributed by atoms with E-state index in [2.05, 4.69) is 226 Å². The molecule has 0 saturated heterocycles. The highest BCUT2D eigenvalue weighted by atomic mass is 14.5. The zero-order valence-electron chi connectivity index (χ0n) is 33.3. The summed E-state index contributed by atoms with van der Waals surface area (Å²) in [6.07, 6.45) is 0. The molecule has 0 saturated carbocycles. The Hall–Kier alpha value is -7.02. The molecule has 1 unspecified atom stereocenters. The molecule has 278 valence electrons. The van der Waals surface area contributed by atoms with Gasteiger partial charge >= 0.3 is 0 Å². The molecule has 3 aliphatic carbocycles. The number of hydrogen-bond acceptors (Lipinski definition) is 0. The van der Waals surface area contributed by atoms with Crippen molar-refractivity contribution in [2.24, 2.45) is 0 Å². The van der Waals surface area contributed by atoms with Crippen LogP contribution in [0.4, 0.5) is 0 Å². The Balaban J connectivity index is 0.981. The van der Waals surface area contributed by atoms with Crippen LogP contribution in [0.2, 0.25) is 0 Å². The Bertz CT molecular complexity index is 3040. The van der Waals surface area contributed by atoms with Gasteiger partial charge in [0.15, 0.2) is 0 Å². The van der Waals surface area contributed by atoms with Gasteiger partial charge in [0, 0.05) is 11.3 Å². The van der Waals surface area contributed by atoms with Crippen molar-refractivity contribution < 1.29 is 0 Å². The quantitative estimate of drug-likeness (QED) is 0.154. The van der Waals surface area contributed by atoms with Crippen molar-refractivity contribution in [1.29, 1.82) is 0 Å². The molecule has 0 N–H and O–H groups in total. The third-order valence-corrected chi connectivity index (χ3v) is 13.9. The molecule has 0 amide bonds. The van der Waals surface area contributed by atoms with Crippen LogP contribution in [0.5, 0.6) is 0 Å². The van der Waals surface area contributed by atoms with Gasteiger partial charge in [0.05, 0.1) is 5.41 Å². The third kappa shape index (κ3) is 4.84. The molecule has 0 nitrogen and oxygen atoms in total. The van der Waals surface area contributed by atoms with E-state index in [9.17, 15) is 0 Å². The van der Waals surface area contributed by atoms with Crippen LogP contribution in [0.1, 0.15) is 69.8 Å². The van der Waals surface area contributed by atoms with E-state index in [4.69, 9.17) is 0 Å². The minimum atomic E-state index is -0.354. The maximum absolute atomic E-state index is 2.49. The van der Waals surface area contributed by atoms with Crippen LogP contribution >= 0.6 is 0 Å².